The summed E-state index contributed by atoms with van der Waals surface area (Å²) in [6.45, 7) is 12.2. The number of carbonyl (C=O) groups excluding carboxylic acids is 1. The molecule has 8 atom stereocenters. The van der Waals surface area contributed by atoms with Crippen LogP contribution in [0.2, 0.25) is 5.04 Å². The van der Waals surface area contributed by atoms with Crippen molar-refractivity contribution in [3.63, 3.8) is 0 Å². The van der Waals surface area contributed by atoms with Gasteiger partial charge in [-0.25, -0.2) is 0 Å². The lowest BCUT2D eigenvalue weighted by Gasteiger charge is -2.58. The van der Waals surface area contributed by atoms with Crippen molar-refractivity contribution in [1.82, 2.24) is 0 Å². The number of hydrogen-bond donors (Lipinski definition) is 0. The Hall–Kier alpha value is -1.95. The average molecular weight is 559 g/mol. The number of esters is 1. The molecular weight excluding hydrogens is 512 g/mol. The fourth-order valence-corrected chi connectivity index (χ4v) is 15.1. The van der Waals surface area contributed by atoms with Crippen molar-refractivity contribution in [2.24, 2.45) is 28.6 Å². The Bertz CT molecular complexity index is 1230. The highest BCUT2D eigenvalue weighted by atomic mass is 28.4. The maximum atomic E-state index is 12.4. The predicted octanol–water partition coefficient (Wildman–Crippen LogP) is 6.61. The summed E-state index contributed by atoms with van der Waals surface area (Å²) in [6.07, 6.45) is 8.33. The van der Waals surface area contributed by atoms with Gasteiger partial charge in [0.15, 0.2) is 0 Å². The molecule has 0 aromatic heterocycles. The Kier molecular flexibility index (Phi) is 6.07. The molecule has 3 saturated carbocycles. The van der Waals surface area contributed by atoms with Crippen LogP contribution in [0.15, 0.2) is 60.7 Å². The average Bonchev–Trinajstić information content (AvgIpc) is 3.55. The van der Waals surface area contributed by atoms with Crippen molar-refractivity contribution >= 4 is 24.7 Å². The van der Waals surface area contributed by atoms with E-state index in [9.17, 15) is 4.79 Å². The Balaban J connectivity index is 1.24. The van der Waals surface area contributed by atoms with E-state index in [0.717, 1.165) is 19.3 Å². The van der Waals surface area contributed by atoms with Crippen LogP contribution in [0.4, 0.5) is 0 Å². The molecule has 2 aromatic carbocycles. The Labute approximate surface area is 241 Å². The molecule has 0 bridgehead atoms. The molecule has 0 unspecified atom stereocenters. The van der Waals surface area contributed by atoms with Gasteiger partial charge < -0.3 is 13.9 Å². The van der Waals surface area contributed by atoms with E-state index >= 15 is 0 Å². The second kappa shape index (κ2) is 9.02. The Morgan fingerprint density at radius 1 is 0.825 bits per heavy atom. The van der Waals surface area contributed by atoms with Crippen LogP contribution in [0.3, 0.4) is 0 Å². The van der Waals surface area contributed by atoms with Crippen LogP contribution in [0.25, 0.3) is 0 Å². The zero-order valence-electron chi connectivity index (χ0n) is 25.0. The van der Waals surface area contributed by atoms with E-state index in [-0.39, 0.29) is 39.8 Å². The van der Waals surface area contributed by atoms with Gasteiger partial charge in [0.25, 0.3) is 8.32 Å². The van der Waals surface area contributed by atoms with Crippen molar-refractivity contribution in [3.8, 4) is 0 Å². The molecule has 2 aromatic rings. The summed E-state index contributed by atoms with van der Waals surface area (Å²) in [6, 6.07) is 22.3. The minimum absolute atomic E-state index is 0.0166. The van der Waals surface area contributed by atoms with Gasteiger partial charge in [0.1, 0.15) is 5.60 Å². The van der Waals surface area contributed by atoms with Gasteiger partial charge in [-0.1, -0.05) is 95.3 Å². The topological polar surface area (TPSA) is 48.1 Å². The Morgan fingerprint density at radius 2 is 1.48 bits per heavy atom. The first kappa shape index (κ1) is 26.9. The molecule has 0 radical (unpaired) electrons. The zero-order valence-corrected chi connectivity index (χ0v) is 26.0. The summed E-state index contributed by atoms with van der Waals surface area (Å²) in [4.78, 5) is 12.4. The van der Waals surface area contributed by atoms with Crippen molar-refractivity contribution in [3.05, 3.63) is 60.7 Å². The van der Waals surface area contributed by atoms with Crippen LogP contribution in [0.1, 0.15) is 86.0 Å². The van der Waals surface area contributed by atoms with Crippen LogP contribution in [-0.2, 0) is 18.7 Å². The molecule has 3 aliphatic carbocycles. The molecule has 5 fully saturated rings. The zero-order chi connectivity index (χ0) is 28.0. The summed E-state index contributed by atoms with van der Waals surface area (Å²) in [5.41, 5.74) is -0.0571. The van der Waals surface area contributed by atoms with E-state index in [1.807, 2.05) is 0 Å². The number of benzene rings is 2. The number of rotatable bonds is 4. The highest BCUT2D eigenvalue weighted by molar-refractivity contribution is 6.99. The maximum Gasteiger partial charge on any atom is 0.308 e. The third-order valence-electron chi connectivity index (χ3n) is 12.4. The van der Waals surface area contributed by atoms with Crippen molar-refractivity contribution in [1.29, 1.82) is 0 Å². The molecule has 214 valence electrons. The van der Waals surface area contributed by atoms with Gasteiger partial charge in [-0.15, -0.1) is 0 Å². The van der Waals surface area contributed by atoms with E-state index in [1.165, 1.54) is 36.1 Å². The smallest absolute Gasteiger partial charge is 0.308 e. The van der Waals surface area contributed by atoms with Gasteiger partial charge in [-0.05, 0) is 83.5 Å². The summed E-state index contributed by atoms with van der Waals surface area (Å²) in [5, 5.41) is 2.74. The van der Waals surface area contributed by atoms with Gasteiger partial charge in [0.05, 0.1) is 6.10 Å². The predicted molar refractivity (Wildman–Crippen MR) is 160 cm³/mol. The SMILES string of the molecule is CC(C)(C)[Si](O[C@H]1CC[C@@H]2[C@@H]3CC[C@]45O[C@H]4OC(=O)CC[C@]5(C)[C@H]3CC[C@]12C)(c1ccccc1)c1ccccc1. The van der Waals surface area contributed by atoms with Gasteiger partial charge in [-0.3, -0.25) is 4.79 Å². The first-order valence-electron chi connectivity index (χ1n) is 15.7. The molecule has 40 heavy (non-hydrogen) atoms. The Morgan fingerprint density at radius 3 is 2.10 bits per heavy atom. The lowest BCUT2D eigenvalue weighted by molar-refractivity contribution is -0.149. The van der Waals surface area contributed by atoms with Crippen molar-refractivity contribution < 1.29 is 18.7 Å². The van der Waals surface area contributed by atoms with E-state index in [4.69, 9.17) is 13.9 Å². The first-order valence-corrected chi connectivity index (χ1v) is 17.6. The molecule has 1 spiro atoms. The molecule has 2 saturated heterocycles. The standard InChI is InChI=1S/C35H46O4Si/c1-32(2,3)40(24-12-8-6-9-13-24,25-14-10-7-11-15-25)39-29-17-16-27-26-18-23-35-31(38-35)37-30(36)20-22-34(35,5)28(26)19-21-33(27,29)4/h6-15,26-29,31H,16-23H2,1-5H3/t26-,27+,28-,29-,31+,33-,34+,35-/m0/s1. The van der Waals surface area contributed by atoms with Gasteiger partial charge >= 0.3 is 5.97 Å². The number of hydrogen-bond acceptors (Lipinski definition) is 4. The second-order valence-corrected chi connectivity index (χ2v) is 19.3. The summed E-state index contributed by atoms with van der Waals surface area (Å²) in [5.74, 6) is 1.83. The number of fused-ring (bicyclic) bond motifs is 4. The highest BCUT2D eigenvalue weighted by Gasteiger charge is 2.76. The van der Waals surface area contributed by atoms with Crippen LogP contribution in [-0.4, -0.2) is 32.3 Å². The maximum absolute atomic E-state index is 12.4. The molecule has 5 aliphatic rings. The lowest BCUT2D eigenvalue weighted by atomic mass is 9.46. The van der Waals surface area contributed by atoms with Crippen LogP contribution < -0.4 is 10.4 Å². The number of ether oxygens (including phenoxy) is 2. The van der Waals surface area contributed by atoms with E-state index < -0.39 is 8.32 Å². The third-order valence-corrected chi connectivity index (χ3v) is 17.5. The summed E-state index contributed by atoms with van der Waals surface area (Å²) in [7, 11) is -2.62. The van der Waals surface area contributed by atoms with Crippen LogP contribution in [0, 0.1) is 28.6 Å². The molecule has 0 amide bonds. The third kappa shape index (κ3) is 3.59. The van der Waals surface area contributed by atoms with Crippen molar-refractivity contribution in [2.75, 3.05) is 0 Å². The van der Waals surface area contributed by atoms with Gasteiger partial charge in [0.2, 0.25) is 6.29 Å². The molecule has 2 aliphatic heterocycles. The van der Waals surface area contributed by atoms with Crippen LogP contribution in [0.5, 0.6) is 0 Å². The monoisotopic (exact) mass is 558 g/mol. The molecule has 2 heterocycles. The van der Waals surface area contributed by atoms with E-state index in [0.29, 0.717) is 24.2 Å². The molecule has 0 N–H and O–H groups in total. The molecule has 4 nitrogen and oxygen atoms in total. The van der Waals surface area contributed by atoms with Crippen LogP contribution >= 0.6 is 0 Å². The lowest BCUT2D eigenvalue weighted by Crippen LogP contribution is -2.68. The first-order chi connectivity index (χ1) is 19.1. The summed E-state index contributed by atoms with van der Waals surface area (Å²) >= 11 is 0. The molecule has 7 rings (SSSR count). The minimum atomic E-state index is -2.62. The van der Waals surface area contributed by atoms with Gasteiger partial charge in [-0.2, -0.15) is 0 Å². The quantitative estimate of drug-likeness (QED) is 0.241. The summed E-state index contributed by atoms with van der Waals surface area (Å²) < 4.78 is 19.8. The van der Waals surface area contributed by atoms with Gasteiger partial charge in [0, 0.05) is 11.8 Å². The molecular formula is C35H46O4Si. The highest BCUT2D eigenvalue weighted by Crippen LogP contribution is 2.71. The van der Waals surface area contributed by atoms with Crippen molar-refractivity contribution in [2.45, 2.75) is 109 Å². The fourth-order valence-electron chi connectivity index (χ4n) is 10.3. The van der Waals surface area contributed by atoms with E-state index in [2.05, 4.69) is 95.3 Å². The number of carbonyl (C=O) groups is 1. The normalized spacial score (nSPS) is 40.6. The minimum Gasteiger partial charge on any atom is -0.432 e. The fraction of sp³-hybridized carbons (Fsp3) is 0.629. The molecule has 5 heteroatoms. The van der Waals surface area contributed by atoms with E-state index in [1.54, 1.807) is 0 Å². The number of epoxide rings is 1. The largest absolute Gasteiger partial charge is 0.432 e. The second-order valence-electron chi connectivity index (χ2n) is 15.1.